The zero-order valence-electron chi connectivity index (χ0n) is 15.3. The first-order valence-electron chi connectivity index (χ1n) is 9.58. The average molecular weight is 425 g/mol. The molecule has 1 N–H and O–H groups in total. The molecule has 2 aromatic rings. The van der Waals surface area contributed by atoms with Crippen molar-refractivity contribution < 1.29 is 0 Å². The summed E-state index contributed by atoms with van der Waals surface area (Å²) in [5.41, 5.74) is 4.94. The summed E-state index contributed by atoms with van der Waals surface area (Å²) in [5, 5.41) is 5.56. The Labute approximate surface area is 176 Å². The average Bonchev–Trinajstić information content (AvgIpc) is 3.12. The molecule has 0 aliphatic carbocycles. The van der Waals surface area contributed by atoms with Gasteiger partial charge in [0, 0.05) is 43.4 Å². The van der Waals surface area contributed by atoms with Gasteiger partial charge in [-0.15, -0.1) is 0 Å². The van der Waals surface area contributed by atoms with E-state index in [-0.39, 0.29) is 0 Å². The molecule has 6 heteroatoms. The van der Waals surface area contributed by atoms with Crippen molar-refractivity contribution >= 4 is 46.2 Å². The lowest BCUT2D eigenvalue weighted by Crippen LogP contribution is -2.46. The molecular formula is C21H24Cl3N3. The molecule has 2 aromatic carbocycles. The Kier molecular flexibility index (Phi) is 6.03. The lowest BCUT2D eigenvalue weighted by atomic mass is 10.0. The predicted octanol–water partition coefficient (Wildman–Crippen LogP) is 5.37. The second-order valence-corrected chi connectivity index (χ2v) is 8.48. The maximum Gasteiger partial charge on any atom is 0.0825 e. The van der Waals surface area contributed by atoms with E-state index in [9.17, 15) is 0 Å². The highest BCUT2D eigenvalue weighted by atomic mass is 35.5. The van der Waals surface area contributed by atoms with Crippen LogP contribution in [0.3, 0.4) is 0 Å². The van der Waals surface area contributed by atoms with Crippen LogP contribution in [-0.2, 0) is 12.8 Å². The summed E-state index contributed by atoms with van der Waals surface area (Å²) < 4.78 is 0. The van der Waals surface area contributed by atoms with E-state index in [1.165, 1.54) is 16.8 Å². The van der Waals surface area contributed by atoms with E-state index in [2.05, 4.69) is 33.3 Å². The summed E-state index contributed by atoms with van der Waals surface area (Å²) in [4.78, 5) is 4.85. The minimum Gasteiger partial charge on any atom is -0.384 e. The zero-order chi connectivity index (χ0) is 18.8. The molecule has 2 aliphatic rings. The van der Waals surface area contributed by atoms with Crippen molar-refractivity contribution in [2.75, 3.05) is 49.5 Å². The van der Waals surface area contributed by atoms with Gasteiger partial charge in [0.05, 0.1) is 15.7 Å². The highest BCUT2D eigenvalue weighted by molar-refractivity contribution is 6.43. The van der Waals surface area contributed by atoms with Crippen molar-refractivity contribution in [1.82, 2.24) is 4.90 Å². The van der Waals surface area contributed by atoms with Crippen LogP contribution in [0.4, 0.5) is 11.4 Å². The molecule has 27 heavy (non-hydrogen) atoms. The third-order valence-electron chi connectivity index (χ3n) is 5.55. The maximum absolute atomic E-state index is 6.46. The lowest BCUT2D eigenvalue weighted by molar-refractivity contribution is 0.255. The summed E-state index contributed by atoms with van der Waals surface area (Å²) in [5.74, 6) is 0. The molecule has 1 saturated heterocycles. The number of benzene rings is 2. The number of nitrogens with one attached hydrogen (secondary N) is 1. The van der Waals surface area contributed by atoms with Crippen molar-refractivity contribution in [2.24, 2.45) is 0 Å². The minimum atomic E-state index is 0.623. The van der Waals surface area contributed by atoms with Gasteiger partial charge in [-0.3, -0.25) is 4.90 Å². The normalized spacial score (nSPS) is 17.1. The second-order valence-electron chi connectivity index (χ2n) is 7.28. The van der Waals surface area contributed by atoms with Crippen LogP contribution in [-0.4, -0.2) is 44.2 Å². The number of aryl methyl sites for hydroxylation is 1. The van der Waals surface area contributed by atoms with Crippen molar-refractivity contribution in [3.05, 3.63) is 56.5 Å². The predicted molar refractivity (Wildman–Crippen MR) is 117 cm³/mol. The van der Waals surface area contributed by atoms with E-state index in [1.807, 2.05) is 12.1 Å². The van der Waals surface area contributed by atoms with Crippen LogP contribution in [0.5, 0.6) is 0 Å². The molecule has 0 aromatic heterocycles. The summed E-state index contributed by atoms with van der Waals surface area (Å²) >= 11 is 19.0. The molecule has 0 spiro atoms. The molecule has 0 bridgehead atoms. The van der Waals surface area contributed by atoms with Gasteiger partial charge in [-0.1, -0.05) is 46.9 Å². The number of fused-ring (bicyclic) bond motifs is 1. The van der Waals surface area contributed by atoms with Crippen LogP contribution in [0.1, 0.15) is 17.5 Å². The summed E-state index contributed by atoms with van der Waals surface area (Å²) in [7, 11) is 0. The highest BCUT2D eigenvalue weighted by Crippen LogP contribution is 2.33. The van der Waals surface area contributed by atoms with Crippen LogP contribution in [0.15, 0.2) is 30.3 Å². The third-order valence-corrected chi connectivity index (χ3v) is 6.71. The summed E-state index contributed by atoms with van der Waals surface area (Å²) in [6.45, 7) is 6.17. The topological polar surface area (TPSA) is 18.5 Å². The van der Waals surface area contributed by atoms with Gasteiger partial charge in [-0.25, -0.2) is 0 Å². The molecule has 0 unspecified atom stereocenters. The zero-order valence-corrected chi connectivity index (χ0v) is 17.5. The Morgan fingerprint density at radius 1 is 0.963 bits per heavy atom. The molecule has 0 radical (unpaired) electrons. The van der Waals surface area contributed by atoms with Gasteiger partial charge in [0.1, 0.15) is 0 Å². The molecule has 144 valence electrons. The highest BCUT2D eigenvalue weighted by Gasteiger charge is 2.20. The SMILES string of the molecule is Clc1cc2c(cc1CCCN1CCN(c3cccc(Cl)c3Cl)CC1)CCN2. The molecule has 0 saturated carbocycles. The number of hydrogen-bond donors (Lipinski definition) is 1. The molecule has 1 fully saturated rings. The molecule has 3 nitrogen and oxygen atoms in total. The smallest absolute Gasteiger partial charge is 0.0825 e. The van der Waals surface area contributed by atoms with Crippen LogP contribution >= 0.6 is 34.8 Å². The Bertz CT molecular complexity index is 817. The van der Waals surface area contributed by atoms with E-state index in [0.717, 1.165) is 69.2 Å². The van der Waals surface area contributed by atoms with Crippen LogP contribution in [0.25, 0.3) is 0 Å². The Balaban J connectivity index is 1.27. The van der Waals surface area contributed by atoms with Gasteiger partial charge in [0.2, 0.25) is 0 Å². The van der Waals surface area contributed by atoms with Crippen LogP contribution in [0.2, 0.25) is 15.1 Å². The van der Waals surface area contributed by atoms with Crippen LogP contribution < -0.4 is 10.2 Å². The van der Waals surface area contributed by atoms with Gasteiger partial charge >= 0.3 is 0 Å². The largest absolute Gasteiger partial charge is 0.384 e. The number of hydrogen-bond acceptors (Lipinski definition) is 3. The fourth-order valence-corrected chi connectivity index (χ4v) is 4.68. The fourth-order valence-electron chi connectivity index (χ4n) is 4.01. The molecule has 2 heterocycles. The van der Waals surface area contributed by atoms with Crippen molar-refractivity contribution in [3.8, 4) is 0 Å². The number of halogens is 3. The Morgan fingerprint density at radius 3 is 2.59 bits per heavy atom. The second kappa shape index (κ2) is 8.48. The molecule has 0 amide bonds. The van der Waals surface area contributed by atoms with Gasteiger partial charge in [-0.05, 0) is 55.1 Å². The molecule has 4 rings (SSSR count). The summed E-state index contributed by atoms with van der Waals surface area (Å²) in [6.07, 6.45) is 3.27. The van der Waals surface area contributed by atoms with Gasteiger partial charge in [0.15, 0.2) is 0 Å². The monoisotopic (exact) mass is 423 g/mol. The van der Waals surface area contributed by atoms with Crippen molar-refractivity contribution in [1.29, 1.82) is 0 Å². The first-order chi connectivity index (χ1) is 13.1. The van der Waals surface area contributed by atoms with E-state index >= 15 is 0 Å². The van der Waals surface area contributed by atoms with E-state index in [0.29, 0.717) is 10.0 Å². The van der Waals surface area contributed by atoms with E-state index in [1.54, 1.807) is 0 Å². The van der Waals surface area contributed by atoms with Gasteiger partial charge in [-0.2, -0.15) is 0 Å². The number of rotatable bonds is 5. The Morgan fingerprint density at radius 2 is 1.78 bits per heavy atom. The minimum absolute atomic E-state index is 0.623. The van der Waals surface area contributed by atoms with Crippen molar-refractivity contribution in [2.45, 2.75) is 19.3 Å². The van der Waals surface area contributed by atoms with Gasteiger partial charge in [0.25, 0.3) is 0 Å². The first kappa shape index (κ1) is 19.2. The number of anilines is 2. The molecular weight excluding hydrogens is 401 g/mol. The van der Waals surface area contributed by atoms with E-state index in [4.69, 9.17) is 34.8 Å². The van der Waals surface area contributed by atoms with Gasteiger partial charge < -0.3 is 10.2 Å². The molecule has 0 atom stereocenters. The third kappa shape index (κ3) is 4.32. The molecule has 2 aliphatic heterocycles. The maximum atomic E-state index is 6.46. The quantitative estimate of drug-likeness (QED) is 0.696. The number of nitrogens with zero attached hydrogens (tertiary/aromatic N) is 2. The lowest BCUT2D eigenvalue weighted by Gasteiger charge is -2.36. The number of piperazine rings is 1. The summed E-state index contributed by atoms with van der Waals surface area (Å²) in [6, 6.07) is 10.2. The van der Waals surface area contributed by atoms with Crippen molar-refractivity contribution in [3.63, 3.8) is 0 Å². The van der Waals surface area contributed by atoms with Crippen LogP contribution in [0, 0.1) is 0 Å². The fraction of sp³-hybridized carbons (Fsp3) is 0.429. The Hall–Kier alpha value is -1.13. The standard InChI is InChI=1S/C21H24Cl3N3/c22-17-4-1-5-20(21(17)24)27-11-9-26(10-12-27)8-2-3-15-13-16-6-7-25-19(16)14-18(15)23/h1,4-5,13-14,25H,2-3,6-12H2. The first-order valence-corrected chi connectivity index (χ1v) is 10.7. The van der Waals surface area contributed by atoms with E-state index < -0.39 is 0 Å².